The molecular weight excluding hydrogens is 280 g/mol. The maximum Gasteiger partial charge on any atom is 0.142 e. The van der Waals surface area contributed by atoms with Gasteiger partial charge in [0.1, 0.15) is 5.82 Å². The number of anilines is 1. The summed E-state index contributed by atoms with van der Waals surface area (Å²) in [6, 6.07) is 3.87. The molecule has 3 N–H and O–H groups in total. The fraction of sp³-hybridized carbons (Fsp3) is 0.500. The molecule has 0 amide bonds. The van der Waals surface area contributed by atoms with E-state index in [9.17, 15) is 0 Å². The molecule has 1 aromatic heterocycles. The van der Waals surface area contributed by atoms with Crippen LogP contribution in [0.1, 0.15) is 20.3 Å². The summed E-state index contributed by atoms with van der Waals surface area (Å²) in [4.78, 5) is 6.54. The minimum Gasteiger partial charge on any atom is -0.388 e. The molecule has 0 saturated heterocycles. The third kappa shape index (κ3) is 4.73. The number of nitrogens with zero attached hydrogens (tertiary/aromatic N) is 2. The average molecular weight is 299 g/mol. The van der Waals surface area contributed by atoms with Gasteiger partial charge < -0.3 is 10.6 Å². The number of amidine groups is 1. The van der Waals surface area contributed by atoms with Gasteiger partial charge in [-0.25, -0.2) is 4.98 Å². The summed E-state index contributed by atoms with van der Waals surface area (Å²) >= 11 is 3.50. The molecular formula is C12H19BrN4. The molecule has 0 atom stereocenters. The lowest BCUT2D eigenvalue weighted by Gasteiger charge is -2.26. The van der Waals surface area contributed by atoms with E-state index in [1.165, 1.54) is 0 Å². The molecule has 17 heavy (non-hydrogen) atoms. The summed E-state index contributed by atoms with van der Waals surface area (Å²) in [6.45, 7) is 5.96. The van der Waals surface area contributed by atoms with Gasteiger partial charge in [-0.15, -0.1) is 0 Å². The first-order valence-electron chi connectivity index (χ1n) is 5.69. The molecule has 0 spiro atoms. The lowest BCUT2D eigenvalue weighted by atomic mass is 10.2. The summed E-state index contributed by atoms with van der Waals surface area (Å²) in [5.74, 6) is 1.67. The highest BCUT2D eigenvalue weighted by atomic mass is 79.9. The van der Waals surface area contributed by atoms with Gasteiger partial charge in [0.15, 0.2) is 0 Å². The molecule has 0 bridgehead atoms. The van der Waals surface area contributed by atoms with Crippen LogP contribution in [-0.4, -0.2) is 23.9 Å². The largest absolute Gasteiger partial charge is 0.388 e. The van der Waals surface area contributed by atoms with E-state index in [2.05, 4.69) is 39.7 Å². The highest BCUT2D eigenvalue weighted by Gasteiger charge is 2.12. The van der Waals surface area contributed by atoms with Gasteiger partial charge >= 0.3 is 0 Å². The van der Waals surface area contributed by atoms with Crippen molar-refractivity contribution in [3.8, 4) is 0 Å². The molecule has 1 rings (SSSR count). The van der Waals surface area contributed by atoms with Gasteiger partial charge in [-0.05, 0) is 34.0 Å². The van der Waals surface area contributed by atoms with Crippen molar-refractivity contribution in [1.82, 2.24) is 4.98 Å². The first kappa shape index (κ1) is 14.0. The predicted octanol–water partition coefficient (Wildman–Crippen LogP) is 2.63. The molecule has 0 aromatic carbocycles. The fourth-order valence-corrected chi connectivity index (χ4v) is 2.10. The van der Waals surface area contributed by atoms with Gasteiger partial charge in [0.25, 0.3) is 0 Å². The van der Waals surface area contributed by atoms with Crippen LogP contribution in [0.15, 0.2) is 22.8 Å². The standard InChI is InChI=1S/C12H19BrN4/c1-9(2)8-17(7-5-11(14)15)12-10(13)4-3-6-16-12/h3-4,6,9H,5,7-8H2,1-2H3,(H3,14,15). The van der Waals surface area contributed by atoms with Gasteiger partial charge in [0, 0.05) is 25.7 Å². The Hall–Kier alpha value is -1.10. The second kappa shape index (κ2) is 6.59. The predicted molar refractivity (Wildman–Crippen MR) is 75.5 cm³/mol. The van der Waals surface area contributed by atoms with Gasteiger partial charge in [-0.3, -0.25) is 5.41 Å². The Balaban J connectivity index is 2.82. The molecule has 0 unspecified atom stereocenters. The van der Waals surface area contributed by atoms with Crippen molar-refractivity contribution in [1.29, 1.82) is 5.41 Å². The van der Waals surface area contributed by atoms with Crippen LogP contribution in [0.5, 0.6) is 0 Å². The average Bonchev–Trinajstić information content (AvgIpc) is 2.24. The summed E-state index contributed by atoms with van der Waals surface area (Å²) < 4.78 is 0.976. The number of hydrogen-bond acceptors (Lipinski definition) is 3. The highest BCUT2D eigenvalue weighted by molar-refractivity contribution is 9.10. The van der Waals surface area contributed by atoms with Crippen LogP contribution < -0.4 is 10.6 Å². The van der Waals surface area contributed by atoms with Crippen molar-refractivity contribution >= 4 is 27.6 Å². The number of aromatic nitrogens is 1. The van der Waals surface area contributed by atoms with E-state index in [1.807, 2.05) is 12.1 Å². The molecule has 94 valence electrons. The van der Waals surface area contributed by atoms with Crippen LogP contribution in [-0.2, 0) is 0 Å². The highest BCUT2D eigenvalue weighted by Crippen LogP contribution is 2.23. The zero-order chi connectivity index (χ0) is 12.8. The lowest BCUT2D eigenvalue weighted by Crippen LogP contribution is -2.32. The zero-order valence-corrected chi connectivity index (χ0v) is 11.9. The Morgan fingerprint density at radius 3 is 2.82 bits per heavy atom. The van der Waals surface area contributed by atoms with Gasteiger partial charge in [-0.1, -0.05) is 13.8 Å². The third-order valence-electron chi connectivity index (χ3n) is 2.28. The maximum atomic E-state index is 7.31. The first-order valence-corrected chi connectivity index (χ1v) is 6.48. The first-order chi connectivity index (χ1) is 8.00. The van der Waals surface area contributed by atoms with Crippen LogP contribution in [0.4, 0.5) is 5.82 Å². The second-order valence-electron chi connectivity index (χ2n) is 4.42. The summed E-state index contributed by atoms with van der Waals surface area (Å²) in [5.41, 5.74) is 5.41. The van der Waals surface area contributed by atoms with E-state index in [-0.39, 0.29) is 5.84 Å². The van der Waals surface area contributed by atoms with Crippen molar-refractivity contribution in [2.75, 3.05) is 18.0 Å². The molecule has 5 heteroatoms. The van der Waals surface area contributed by atoms with E-state index in [4.69, 9.17) is 11.1 Å². The molecule has 1 aromatic rings. The lowest BCUT2D eigenvalue weighted by molar-refractivity contribution is 0.608. The minimum atomic E-state index is 0.214. The maximum absolute atomic E-state index is 7.31. The molecule has 0 aliphatic heterocycles. The molecule has 0 saturated carbocycles. The van der Waals surface area contributed by atoms with Crippen LogP contribution in [0.3, 0.4) is 0 Å². The van der Waals surface area contributed by atoms with Gasteiger partial charge in [0.05, 0.1) is 10.3 Å². The quantitative estimate of drug-likeness (QED) is 0.627. The Labute approximate surface area is 111 Å². The van der Waals surface area contributed by atoms with Crippen LogP contribution in [0.25, 0.3) is 0 Å². The van der Waals surface area contributed by atoms with Crippen molar-refractivity contribution in [3.63, 3.8) is 0 Å². The number of pyridine rings is 1. The summed E-state index contributed by atoms with van der Waals surface area (Å²) in [7, 11) is 0. The van der Waals surface area contributed by atoms with Crippen LogP contribution >= 0.6 is 15.9 Å². The molecule has 4 nitrogen and oxygen atoms in total. The molecule has 1 heterocycles. The number of nitrogens with one attached hydrogen (secondary N) is 1. The van der Waals surface area contributed by atoms with E-state index in [0.29, 0.717) is 12.3 Å². The van der Waals surface area contributed by atoms with E-state index in [0.717, 1.165) is 23.4 Å². The Kier molecular flexibility index (Phi) is 5.41. The van der Waals surface area contributed by atoms with Crippen molar-refractivity contribution in [2.45, 2.75) is 20.3 Å². The molecule has 0 radical (unpaired) electrons. The van der Waals surface area contributed by atoms with Crippen molar-refractivity contribution in [3.05, 3.63) is 22.8 Å². The van der Waals surface area contributed by atoms with Gasteiger partial charge in [-0.2, -0.15) is 0 Å². The number of nitrogens with two attached hydrogens (primary N) is 1. The van der Waals surface area contributed by atoms with E-state index < -0.39 is 0 Å². The normalized spacial score (nSPS) is 10.6. The van der Waals surface area contributed by atoms with Crippen LogP contribution in [0.2, 0.25) is 0 Å². The zero-order valence-electron chi connectivity index (χ0n) is 10.3. The second-order valence-corrected chi connectivity index (χ2v) is 5.28. The van der Waals surface area contributed by atoms with Crippen molar-refractivity contribution < 1.29 is 0 Å². The van der Waals surface area contributed by atoms with Crippen LogP contribution in [0, 0.1) is 11.3 Å². The monoisotopic (exact) mass is 298 g/mol. The molecule has 0 aliphatic carbocycles. The number of hydrogen-bond donors (Lipinski definition) is 2. The Bertz CT molecular complexity index is 379. The number of rotatable bonds is 6. The Morgan fingerprint density at radius 2 is 2.29 bits per heavy atom. The van der Waals surface area contributed by atoms with E-state index in [1.54, 1.807) is 6.20 Å². The van der Waals surface area contributed by atoms with Gasteiger partial charge in [0.2, 0.25) is 0 Å². The van der Waals surface area contributed by atoms with Crippen molar-refractivity contribution in [2.24, 2.45) is 11.7 Å². The summed E-state index contributed by atoms with van der Waals surface area (Å²) in [5, 5.41) is 7.31. The SMILES string of the molecule is CC(C)CN(CCC(=N)N)c1ncccc1Br. The van der Waals surface area contributed by atoms with E-state index >= 15 is 0 Å². The topological polar surface area (TPSA) is 66.0 Å². The minimum absolute atomic E-state index is 0.214. The fourth-order valence-electron chi connectivity index (χ4n) is 1.59. The molecule has 0 fully saturated rings. The number of halogens is 1. The Morgan fingerprint density at radius 1 is 1.59 bits per heavy atom. The third-order valence-corrected chi connectivity index (χ3v) is 2.89. The molecule has 0 aliphatic rings. The summed E-state index contributed by atoms with van der Waals surface area (Å²) in [6.07, 6.45) is 2.34. The smallest absolute Gasteiger partial charge is 0.142 e.